The molecule has 3 aromatic carbocycles. The van der Waals surface area contributed by atoms with Crippen LogP contribution >= 0.6 is 34.8 Å². The van der Waals surface area contributed by atoms with Gasteiger partial charge in [0.25, 0.3) is 19.3 Å². The molecule has 0 spiro atoms. The Morgan fingerprint density at radius 3 is 1.23 bits per heavy atom. The molecule has 630 valence electrons. The first-order valence-corrected chi connectivity index (χ1v) is 39.8. The van der Waals surface area contributed by atoms with E-state index in [-0.39, 0.29) is 49.3 Å². The second-order valence-corrected chi connectivity index (χ2v) is 29.8. The van der Waals surface area contributed by atoms with Crippen molar-refractivity contribution in [2.75, 3.05) is 63.3 Å². The van der Waals surface area contributed by atoms with Crippen LogP contribution in [0.3, 0.4) is 0 Å². The van der Waals surface area contributed by atoms with Crippen molar-refractivity contribution in [2.24, 2.45) is 21.1 Å². The largest absolute Gasteiger partial charge is 0.494 e. The molecule has 0 saturated carbocycles. The first-order valence-electron chi connectivity index (χ1n) is 38.6. The van der Waals surface area contributed by atoms with E-state index in [1.165, 1.54) is 25.3 Å². The number of ether oxygens (including phenoxy) is 6. The molecule has 0 radical (unpaired) electrons. The summed E-state index contributed by atoms with van der Waals surface area (Å²) >= 11 is 18.2. The smallest absolute Gasteiger partial charge is 0.295 e. The predicted molar refractivity (Wildman–Crippen MR) is 450 cm³/mol. The second-order valence-electron chi connectivity index (χ2n) is 28.6. The van der Waals surface area contributed by atoms with Gasteiger partial charge in [-0.1, -0.05) is 65.1 Å². The summed E-state index contributed by atoms with van der Waals surface area (Å²) in [6, 6.07) is 35.2. The summed E-state index contributed by atoms with van der Waals surface area (Å²) in [6.45, 7) is 9.47. The number of aryl methyl sites for hydroxylation is 7. The summed E-state index contributed by atoms with van der Waals surface area (Å²) < 4.78 is 127. The monoisotopic (exact) mass is 1710 g/mol. The fourth-order valence-corrected chi connectivity index (χ4v) is 14.9. The lowest BCUT2D eigenvalue weighted by Gasteiger charge is -2.25. The maximum Gasteiger partial charge on any atom is 0.295 e. The Bertz CT molecular complexity index is 5920. The van der Waals surface area contributed by atoms with E-state index < -0.39 is 43.8 Å². The lowest BCUT2D eigenvalue weighted by molar-refractivity contribution is -0.0363. The predicted octanol–water partition coefficient (Wildman–Crippen LogP) is 20.0. The molecular weight excluding hydrogens is 1620 g/mol. The molecule has 11 aromatic heterocycles. The van der Waals surface area contributed by atoms with Crippen LogP contribution in [-0.4, -0.2) is 124 Å². The number of fused-ring (bicyclic) bond motifs is 3. The molecule has 27 nitrogen and oxygen atoms in total. The highest BCUT2D eigenvalue weighted by molar-refractivity contribution is 6.37. The van der Waals surface area contributed by atoms with Gasteiger partial charge < -0.3 is 50.5 Å². The van der Waals surface area contributed by atoms with Crippen molar-refractivity contribution in [3.05, 3.63) is 201 Å². The number of rotatable bonds is 18. The zero-order chi connectivity index (χ0) is 85.2. The standard InChI is InChI=1S/C31H33F2N7O2.C23H23ClF2N6O2.C12H11Cl2F2N3O.C11H13N3O.C7H10N2/c1-18-11-12-20(34-19(18)2)16-21-17-25(36-24-9-7-8-22(28(24)41-4)23-13-14-39(3)38-23)27-30(35-21)40(31(37-27)29(32)33)26-10-5-6-15-42-26;1-31-10-9-14(30-31)13-6-5-7-15(20(13)33-2)27-16-12-17(24)28-22-19(16)29-23(21(25)26)32(22)18-8-3-4-11-34-18;13-6-5-7(14)17-11-9(6)18-12(10(15)16)19(11)8-3-1-2-4-20-8;1-14-7-6-10(13-14)8-4-3-5-9(12)11(8)15-2;1-5-3-4-7(8)9-6(5)2/h7-9,11-14,17,26,29H,5-6,10,15-16H2,1-4H3,(H,35,36);5-7,9-10,12,18,21H,3-4,8,11H2,1-2H3,(H,27,28);5,8,10H,1-4H2;3-7H,12H2,1-2H3;3-4H,1-2H3,(H2,8,9). The van der Waals surface area contributed by atoms with Gasteiger partial charge in [0.2, 0.25) is 0 Å². The third kappa shape index (κ3) is 19.6. The van der Waals surface area contributed by atoms with Crippen LogP contribution in [-0.2, 0) is 41.8 Å². The van der Waals surface area contributed by atoms with E-state index in [1.807, 2.05) is 171 Å². The van der Waals surface area contributed by atoms with Crippen molar-refractivity contribution >= 4 is 103 Å². The summed E-state index contributed by atoms with van der Waals surface area (Å²) in [7, 11) is 10.3. The third-order valence-electron chi connectivity index (χ3n) is 20.2. The zero-order valence-electron chi connectivity index (χ0n) is 67.5. The number of nitrogens with one attached hydrogen (secondary N) is 2. The Morgan fingerprint density at radius 1 is 0.433 bits per heavy atom. The Balaban J connectivity index is 0.000000141. The number of para-hydroxylation sites is 3. The summed E-state index contributed by atoms with van der Waals surface area (Å²) in [5.41, 5.74) is 26.3. The number of nitrogen functional groups attached to an aromatic ring is 2. The van der Waals surface area contributed by atoms with E-state index in [9.17, 15) is 26.3 Å². The summed E-state index contributed by atoms with van der Waals surface area (Å²) in [4.78, 5) is 34.7. The van der Waals surface area contributed by atoms with E-state index in [0.29, 0.717) is 114 Å². The molecule has 3 aliphatic heterocycles. The molecule has 0 aliphatic carbocycles. The van der Waals surface area contributed by atoms with Crippen LogP contribution in [0.5, 0.6) is 17.2 Å². The van der Waals surface area contributed by atoms with Gasteiger partial charge in [0, 0.05) is 106 Å². The number of anilines is 6. The van der Waals surface area contributed by atoms with Crippen molar-refractivity contribution in [3.8, 4) is 51.0 Å². The highest BCUT2D eigenvalue weighted by atomic mass is 35.5. The molecule has 3 atom stereocenters. The van der Waals surface area contributed by atoms with Crippen LogP contribution in [0.25, 0.3) is 67.3 Å². The number of imidazole rings is 3. The number of benzene rings is 3. The average Bonchev–Trinajstić information content (AvgIpc) is 1.60. The van der Waals surface area contributed by atoms with Gasteiger partial charge in [0.15, 0.2) is 51.7 Å². The molecule has 3 aliphatic rings. The number of halogens is 9. The van der Waals surface area contributed by atoms with Crippen LogP contribution in [0.4, 0.5) is 60.6 Å². The van der Waals surface area contributed by atoms with Gasteiger partial charge >= 0.3 is 0 Å². The van der Waals surface area contributed by atoms with Gasteiger partial charge in [0.1, 0.15) is 51.4 Å². The quantitative estimate of drug-likeness (QED) is 0.0352. The molecule has 14 aromatic rings. The van der Waals surface area contributed by atoms with Crippen molar-refractivity contribution in [1.82, 2.24) is 82.9 Å². The first-order chi connectivity index (χ1) is 57.8. The lowest BCUT2D eigenvalue weighted by atomic mass is 10.1. The molecule has 3 saturated heterocycles. The van der Waals surface area contributed by atoms with Crippen LogP contribution in [0.1, 0.15) is 147 Å². The summed E-state index contributed by atoms with van der Waals surface area (Å²) in [6.07, 6.45) is 3.24. The summed E-state index contributed by atoms with van der Waals surface area (Å²) in [5, 5.41) is 20.5. The number of nitrogens with two attached hydrogens (primary N) is 2. The SMILES string of the molecule is COc1c(N)cccc1-c1ccn(C)n1.COc1c(Nc2cc(Cc3ccc(C)c(C)n3)nc3c2nc(C(F)F)n3C2CCCCO2)cccc1-c1ccn(C)n1.COc1c(Nc2cc(Cl)nc3c2nc(C(F)F)n3C2CCCCO2)cccc1-c1ccn(C)n1.Cc1ccc(N)nc1C.FC(F)c1nc2c(Cl)cc(Cl)nc2n1C1CCCCO1. The van der Waals surface area contributed by atoms with Crippen molar-refractivity contribution < 1.29 is 54.8 Å². The number of methoxy groups -OCH3 is 3. The van der Waals surface area contributed by atoms with Crippen LogP contribution in [0.2, 0.25) is 15.3 Å². The van der Waals surface area contributed by atoms with E-state index in [4.69, 9.17) is 84.7 Å². The highest BCUT2D eigenvalue weighted by Gasteiger charge is 2.33. The first kappa shape index (κ1) is 86.2. The van der Waals surface area contributed by atoms with E-state index >= 15 is 0 Å². The number of aromatic nitrogens is 17. The fraction of sp³-hybridized carbons (Fsp3) is 0.345. The Morgan fingerprint density at radius 2 is 0.833 bits per heavy atom. The van der Waals surface area contributed by atoms with Gasteiger partial charge in [-0.2, -0.15) is 15.3 Å². The highest BCUT2D eigenvalue weighted by Crippen LogP contribution is 2.45. The van der Waals surface area contributed by atoms with Gasteiger partial charge in [-0.25, -0.2) is 61.2 Å². The second kappa shape index (κ2) is 38.6. The van der Waals surface area contributed by atoms with E-state index in [2.05, 4.69) is 55.8 Å². The molecule has 120 heavy (non-hydrogen) atoms. The molecule has 17 rings (SSSR count). The minimum absolute atomic E-state index is 0.139. The molecule has 3 fully saturated rings. The maximum atomic E-state index is 14.4. The number of alkyl halides is 6. The molecule has 14 heterocycles. The zero-order valence-corrected chi connectivity index (χ0v) is 69.7. The number of hydrogen-bond acceptors (Lipinski definition) is 21. The van der Waals surface area contributed by atoms with Crippen LogP contribution in [0, 0.1) is 27.7 Å². The molecular formula is C84H90Cl3F6N21O6. The van der Waals surface area contributed by atoms with Crippen molar-refractivity contribution in [1.29, 1.82) is 0 Å². The Kier molecular flexibility index (Phi) is 27.8. The molecule has 0 bridgehead atoms. The Hall–Kier alpha value is -11.6. The third-order valence-corrected chi connectivity index (χ3v) is 20.9. The average molecular weight is 1710 g/mol. The fourth-order valence-electron chi connectivity index (χ4n) is 14.3. The summed E-state index contributed by atoms with van der Waals surface area (Å²) in [5.74, 6) is 1.25. The Labute approximate surface area is 702 Å². The van der Waals surface area contributed by atoms with Crippen LogP contribution in [0.15, 0.2) is 134 Å². The molecule has 0 amide bonds. The number of nitrogens with zero attached hydrogens (tertiary/aromatic N) is 17. The minimum Gasteiger partial charge on any atom is -0.494 e. The van der Waals surface area contributed by atoms with Crippen molar-refractivity contribution in [2.45, 2.75) is 130 Å². The van der Waals surface area contributed by atoms with E-state index in [0.717, 1.165) is 94.9 Å². The van der Waals surface area contributed by atoms with Crippen LogP contribution < -0.4 is 36.3 Å². The van der Waals surface area contributed by atoms with Gasteiger partial charge in [0.05, 0.1) is 77.6 Å². The molecule has 36 heteroatoms. The van der Waals surface area contributed by atoms with E-state index in [1.54, 1.807) is 41.4 Å². The minimum atomic E-state index is -2.80. The number of hydrogen-bond donors (Lipinski definition) is 4. The maximum absolute atomic E-state index is 14.4. The molecule has 6 N–H and O–H groups in total. The number of pyridine rings is 5. The topological polar surface area (TPSA) is 303 Å². The lowest BCUT2D eigenvalue weighted by Crippen LogP contribution is -2.20. The van der Waals surface area contributed by atoms with Gasteiger partial charge in [-0.15, -0.1) is 0 Å². The molecule has 3 unspecified atom stereocenters. The van der Waals surface area contributed by atoms with Gasteiger partial charge in [-0.3, -0.25) is 32.7 Å². The normalized spacial score (nSPS) is 15.4. The van der Waals surface area contributed by atoms with Gasteiger partial charge in [-0.05, 0) is 175 Å². The van der Waals surface area contributed by atoms with Crippen molar-refractivity contribution in [3.63, 3.8) is 0 Å².